The number of hydrogen-bond acceptors (Lipinski definition) is 5. The van der Waals surface area contributed by atoms with Gasteiger partial charge >= 0.3 is 11.9 Å². The summed E-state index contributed by atoms with van der Waals surface area (Å²) in [5.74, 6) is -4.47. The Morgan fingerprint density at radius 3 is 2.34 bits per heavy atom. The Morgan fingerprint density at radius 2 is 1.76 bits per heavy atom. The topological polar surface area (TPSA) is 153 Å². The van der Waals surface area contributed by atoms with E-state index >= 15 is 0 Å². The largest absolute Gasteiger partial charge is 0.481 e. The molecule has 0 bridgehead atoms. The second kappa shape index (κ2) is 9.67. The van der Waals surface area contributed by atoms with Crippen molar-refractivity contribution in [3.63, 3.8) is 0 Å². The summed E-state index contributed by atoms with van der Waals surface area (Å²) in [5, 5.41) is 23.0. The number of carbonyl (C=O) groups is 5. The van der Waals surface area contributed by atoms with Crippen LogP contribution in [0.3, 0.4) is 0 Å². The Kier molecular flexibility index (Phi) is 7.29. The van der Waals surface area contributed by atoms with Crippen molar-refractivity contribution in [2.45, 2.75) is 44.3 Å². The van der Waals surface area contributed by atoms with Gasteiger partial charge in [0.05, 0.1) is 6.42 Å². The first-order chi connectivity index (χ1) is 13.7. The molecular formula is C19H23N3O7. The van der Waals surface area contributed by atoms with E-state index in [0.717, 1.165) is 0 Å². The molecule has 29 heavy (non-hydrogen) atoms. The number of benzene rings is 1. The molecule has 10 heteroatoms. The molecule has 1 aliphatic rings. The van der Waals surface area contributed by atoms with E-state index in [2.05, 4.69) is 10.6 Å². The molecule has 0 aromatic heterocycles. The fourth-order valence-electron chi connectivity index (χ4n) is 3.13. The standard InChI is InChI=1S/C19H23N3O7/c1-11(18(27)22-9-5-8-14(22)19(28)29)20-17(26)13(10-15(23)24)21-16(25)12-6-3-2-4-7-12/h2-4,6-7,11,13-14H,5,8-10H2,1H3,(H,20,26)(H,21,25)(H,23,24)(H,28,29)/t11-,13-,14-/m0/s1. The van der Waals surface area contributed by atoms with E-state index in [9.17, 15) is 29.1 Å². The van der Waals surface area contributed by atoms with Crippen LogP contribution in [0.1, 0.15) is 36.5 Å². The average Bonchev–Trinajstić information content (AvgIpc) is 3.17. The monoisotopic (exact) mass is 405 g/mol. The maximum absolute atomic E-state index is 12.5. The molecule has 3 atom stereocenters. The third kappa shape index (κ3) is 5.77. The Bertz CT molecular complexity index is 796. The number of likely N-dealkylation sites (tertiary alicyclic amines) is 1. The van der Waals surface area contributed by atoms with E-state index in [-0.39, 0.29) is 12.1 Å². The highest BCUT2D eigenvalue weighted by atomic mass is 16.4. The fourth-order valence-corrected chi connectivity index (χ4v) is 3.13. The van der Waals surface area contributed by atoms with Gasteiger partial charge in [-0.3, -0.25) is 19.2 Å². The molecule has 156 valence electrons. The van der Waals surface area contributed by atoms with E-state index in [1.165, 1.54) is 24.0 Å². The Hall–Kier alpha value is -3.43. The quantitative estimate of drug-likeness (QED) is 0.469. The number of carbonyl (C=O) groups excluding carboxylic acids is 3. The molecule has 2 rings (SSSR count). The molecule has 0 unspecified atom stereocenters. The number of nitrogens with one attached hydrogen (secondary N) is 2. The van der Waals surface area contributed by atoms with Crippen molar-refractivity contribution in [2.75, 3.05) is 6.54 Å². The van der Waals surface area contributed by atoms with Gasteiger partial charge in [-0.1, -0.05) is 18.2 Å². The highest BCUT2D eigenvalue weighted by Gasteiger charge is 2.37. The minimum Gasteiger partial charge on any atom is -0.481 e. The van der Waals surface area contributed by atoms with Crippen molar-refractivity contribution in [2.24, 2.45) is 0 Å². The number of aliphatic carboxylic acids is 2. The zero-order valence-electron chi connectivity index (χ0n) is 15.8. The molecule has 1 saturated heterocycles. The van der Waals surface area contributed by atoms with Crippen LogP contribution >= 0.6 is 0 Å². The van der Waals surface area contributed by atoms with Crippen LogP contribution in [0.2, 0.25) is 0 Å². The van der Waals surface area contributed by atoms with E-state index < -0.39 is 54.2 Å². The van der Waals surface area contributed by atoms with Gasteiger partial charge in [0, 0.05) is 12.1 Å². The maximum atomic E-state index is 12.5. The molecule has 1 aliphatic heterocycles. The van der Waals surface area contributed by atoms with E-state index in [0.29, 0.717) is 12.8 Å². The van der Waals surface area contributed by atoms with Gasteiger partial charge in [-0.2, -0.15) is 0 Å². The van der Waals surface area contributed by atoms with Crippen molar-refractivity contribution in [1.29, 1.82) is 0 Å². The van der Waals surface area contributed by atoms with E-state index in [1.54, 1.807) is 18.2 Å². The number of carboxylic acids is 2. The lowest BCUT2D eigenvalue weighted by molar-refractivity contribution is -0.149. The average molecular weight is 405 g/mol. The summed E-state index contributed by atoms with van der Waals surface area (Å²) < 4.78 is 0. The number of amides is 3. The molecule has 0 saturated carbocycles. The van der Waals surface area contributed by atoms with Gasteiger partial charge < -0.3 is 25.7 Å². The van der Waals surface area contributed by atoms with Crippen molar-refractivity contribution < 1.29 is 34.2 Å². The van der Waals surface area contributed by atoms with Crippen molar-refractivity contribution >= 4 is 29.7 Å². The zero-order valence-corrected chi connectivity index (χ0v) is 15.8. The molecule has 1 aromatic carbocycles. The minimum absolute atomic E-state index is 0.251. The van der Waals surface area contributed by atoms with E-state index in [4.69, 9.17) is 5.11 Å². The molecule has 1 aromatic rings. The highest BCUT2D eigenvalue weighted by Crippen LogP contribution is 2.18. The summed E-state index contributed by atoms with van der Waals surface area (Å²) in [4.78, 5) is 60.8. The predicted octanol–water partition coefficient (Wildman–Crippen LogP) is -0.160. The maximum Gasteiger partial charge on any atom is 0.326 e. The molecule has 0 aliphatic carbocycles. The van der Waals surface area contributed by atoms with Gasteiger partial charge in [0.25, 0.3) is 5.91 Å². The van der Waals surface area contributed by atoms with Crippen LogP contribution in [-0.4, -0.2) is 69.4 Å². The van der Waals surface area contributed by atoms with Gasteiger partial charge in [0.2, 0.25) is 11.8 Å². The molecule has 0 spiro atoms. The smallest absolute Gasteiger partial charge is 0.326 e. The number of nitrogens with zero attached hydrogens (tertiary/aromatic N) is 1. The number of rotatable bonds is 8. The van der Waals surface area contributed by atoms with Crippen LogP contribution in [0, 0.1) is 0 Å². The van der Waals surface area contributed by atoms with Gasteiger partial charge in [0.15, 0.2) is 0 Å². The minimum atomic E-state index is -1.40. The van der Waals surface area contributed by atoms with E-state index in [1.807, 2.05) is 0 Å². The van der Waals surface area contributed by atoms with Crippen LogP contribution < -0.4 is 10.6 Å². The lowest BCUT2D eigenvalue weighted by Gasteiger charge is -2.26. The summed E-state index contributed by atoms with van der Waals surface area (Å²) in [6.07, 6.45) is 0.196. The molecular weight excluding hydrogens is 382 g/mol. The Labute approximate surface area is 166 Å². The fraction of sp³-hybridized carbons (Fsp3) is 0.421. The third-order valence-corrected chi connectivity index (χ3v) is 4.59. The molecule has 3 amide bonds. The predicted molar refractivity (Wildman–Crippen MR) is 99.9 cm³/mol. The van der Waals surface area contributed by atoms with Crippen molar-refractivity contribution in [1.82, 2.24) is 15.5 Å². The molecule has 0 radical (unpaired) electrons. The first-order valence-electron chi connectivity index (χ1n) is 9.12. The van der Waals surface area contributed by atoms with Gasteiger partial charge in [-0.05, 0) is 31.9 Å². The van der Waals surface area contributed by atoms with Crippen LogP contribution in [-0.2, 0) is 19.2 Å². The molecule has 4 N–H and O–H groups in total. The molecule has 1 fully saturated rings. The van der Waals surface area contributed by atoms with Crippen LogP contribution in [0.5, 0.6) is 0 Å². The first-order valence-corrected chi connectivity index (χ1v) is 9.12. The summed E-state index contributed by atoms with van der Waals surface area (Å²) in [6.45, 7) is 1.65. The van der Waals surface area contributed by atoms with Gasteiger partial charge in [-0.25, -0.2) is 4.79 Å². The molecule has 1 heterocycles. The lowest BCUT2D eigenvalue weighted by atomic mass is 10.1. The first kappa shape index (κ1) is 21.9. The normalized spacial score (nSPS) is 17.8. The second-order valence-corrected chi connectivity index (χ2v) is 6.75. The summed E-state index contributed by atoms with van der Waals surface area (Å²) in [5.41, 5.74) is 0.251. The summed E-state index contributed by atoms with van der Waals surface area (Å²) >= 11 is 0. The SMILES string of the molecule is C[C@H](NC(=O)[C@H](CC(=O)O)NC(=O)c1ccccc1)C(=O)N1CCC[C@H]1C(=O)O. The Balaban J connectivity index is 2.04. The summed E-state index contributed by atoms with van der Waals surface area (Å²) in [6, 6.07) is 4.54. The van der Waals surface area contributed by atoms with Gasteiger partial charge in [0.1, 0.15) is 18.1 Å². The lowest BCUT2D eigenvalue weighted by Crippen LogP contribution is -2.55. The third-order valence-electron chi connectivity index (χ3n) is 4.59. The highest BCUT2D eigenvalue weighted by molar-refractivity contribution is 5.99. The van der Waals surface area contributed by atoms with Crippen molar-refractivity contribution in [3.05, 3.63) is 35.9 Å². The van der Waals surface area contributed by atoms with Crippen LogP contribution in [0.25, 0.3) is 0 Å². The van der Waals surface area contributed by atoms with Crippen molar-refractivity contribution in [3.8, 4) is 0 Å². The number of carboxylic acid groups (broad SMARTS) is 2. The Morgan fingerprint density at radius 1 is 1.10 bits per heavy atom. The number of hydrogen-bond donors (Lipinski definition) is 4. The van der Waals surface area contributed by atoms with Crippen LogP contribution in [0.15, 0.2) is 30.3 Å². The second-order valence-electron chi connectivity index (χ2n) is 6.75. The van der Waals surface area contributed by atoms with Gasteiger partial charge in [-0.15, -0.1) is 0 Å². The van der Waals surface area contributed by atoms with Crippen LogP contribution in [0.4, 0.5) is 0 Å². The molecule has 10 nitrogen and oxygen atoms in total. The summed E-state index contributed by atoms with van der Waals surface area (Å²) in [7, 11) is 0. The zero-order chi connectivity index (χ0) is 21.6.